The molecule has 0 spiro atoms. The minimum Gasteiger partial charge on any atom is -0.466 e. The fourth-order valence-corrected chi connectivity index (χ4v) is 3.01. The highest BCUT2D eigenvalue weighted by Crippen LogP contribution is 2.13. The summed E-state index contributed by atoms with van der Waals surface area (Å²) < 4.78 is 5.91. The van der Waals surface area contributed by atoms with Crippen LogP contribution in [0.25, 0.3) is 0 Å². The fourth-order valence-electron chi connectivity index (χ4n) is 2.44. The number of ether oxygens (including phenoxy) is 1. The molecule has 1 fully saturated rings. The van der Waals surface area contributed by atoms with E-state index in [1.54, 1.807) is 29.2 Å². The predicted molar refractivity (Wildman–Crippen MR) is 104 cm³/mol. The molecule has 0 aliphatic carbocycles. The molecular formula is C17H20BrN3O4S. The lowest BCUT2D eigenvalue weighted by Crippen LogP contribution is -2.60. The summed E-state index contributed by atoms with van der Waals surface area (Å²) in [5, 5.41) is 5.44. The van der Waals surface area contributed by atoms with Crippen LogP contribution in [0.4, 0.5) is 0 Å². The van der Waals surface area contributed by atoms with Crippen LogP contribution < -0.4 is 10.6 Å². The average molecular weight is 442 g/mol. The molecule has 0 aromatic heterocycles. The van der Waals surface area contributed by atoms with E-state index in [1.165, 1.54) is 0 Å². The highest BCUT2D eigenvalue weighted by Gasteiger charge is 2.34. The Labute approximate surface area is 165 Å². The van der Waals surface area contributed by atoms with Crippen LogP contribution in [-0.2, 0) is 14.3 Å². The first kappa shape index (κ1) is 20.3. The second kappa shape index (κ2) is 9.63. The summed E-state index contributed by atoms with van der Waals surface area (Å²) in [6.45, 7) is 2.97. The first-order valence-corrected chi connectivity index (χ1v) is 9.43. The third-order valence-electron chi connectivity index (χ3n) is 3.75. The molecule has 7 nitrogen and oxygen atoms in total. The van der Waals surface area contributed by atoms with Crippen LogP contribution in [0.5, 0.6) is 0 Å². The van der Waals surface area contributed by atoms with Crippen molar-refractivity contribution >= 4 is 51.0 Å². The van der Waals surface area contributed by atoms with Gasteiger partial charge in [0, 0.05) is 23.1 Å². The third kappa shape index (κ3) is 5.50. The van der Waals surface area contributed by atoms with Crippen molar-refractivity contribution in [2.75, 3.05) is 19.7 Å². The van der Waals surface area contributed by atoms with Crippen molar-refractivity contribution in [2.45, 2.75) is 25.8 Å². The van der Waals surface area contributed by atoms with Crippen LogP contribution in [0.3, 0.4) is 0 Å². The number of halogens is 1. The largest absolute Gasteiger partial charge is 0.466 e. The molecule has 1 aromatic rings. The van der Waals surface area contributed by atoms with Crippen molar-refractivity contribution < 1.29 is 19.1 Å². The number of carbonyl (C=O) groups is 3. The molecule has 26 heavy (non-hydrogen) atoms. The van der Waals surface area contributed by atoms with E-state index in [0.29, 0.717) is 31.7 Å². The van der Waals surface area contributed by atoms with Gasteiger partial charge in [-0.05, 0) is 42.9 Å². The number of thiocarbonyl (C=S) groups is 1. The molecule has 2 N–H and O–H groups in total. The first-order valence-electron chi connectivity index (χ1n) is 8.23. The number of piperazine rings is 1. The smallest absolute Gasteiger partial charge is 0.308 e. The van der Waals surface area contributed by atoms with Crippen molar-refractivity contribution in [3.63, 3.8) is 0 Å². The predicted octanol–water partition coefficient (Wildman–Crippen LogP) is 1.61. The molecule has 2 rings (SSSR count). The van der Waals surface area contributed by atoms with Crippen molar-refractivity contribution in [1.82, 2.24) is 15.5 Å². The van der Waals surface area contributed by atoms with E-state index in [4.69, 9.17) is 17.0 Å². The van der Waals surface area contributed by atoms with Crippen LogP contribution in [-0.4, -0.2) is 53.5 Å². The number of hydrogen-bond acceptors (Lipinski definition) is 5. The summed E-state index contributed by atoms with van der Waals surface area (Å²) in [5.74, 6) is -1.16. The van der Waals surface area contributed by atoms with E-state index in [0.717, 1.165) is 4.47 Å². The highest BCUT2D eigenvalue weighted by molar-refractivity contribution is 9.10. The lowest BCUT2D eigenvalue weighted by atomic mass is 10.1. The van der Waals surface area contributed by atoms with E-state index in [2.05, 4.69) is 26.6 Å². The standard InChI is InChI=1S/C17H20BrN3O4S/c1-2-9-25-14(22)10-13-16(24)19-7-8-21(13)17(26)20-15(23)11-3-5-12(18)6-4-11/h3-6,13H,2,7-10H2,1H3,(H,19,24)(H,20,23,26). The molecule has 1 saturated heterocycles. The zero-order valence-electron chi connectivity index (χ0n) is 14.3. The van der Waals surface area contributed by atoms with Gasteiger partial charge in [0.25, 0.3) is 5.91 Å². The van der Waals surface area contributed by atoms with Gasteiger partial charge in [-0.3, -0.25) is 19.7 Å². The van der Waals surface area contributed by atoms with Crippen LogP contribution in [0.15, 0.2) is 28.7 Å². The molecule has 1 aromatic carbocycles. The van der Waals surface area contributed by atoms with Crippen molar-refractivity contribution in [2.24, 2.45) is 0 Å². The maximum absolute atomic E-state index is 12.3. The third-order valence-corrected chi connectivity index (χ3v) is 4.61. The Bertz CT molecular complexity index is 696. The van der Waals surface area contributed by atoms with E-state index >= 15 is 0 Å². The summed E-state index contributed by atoms with van der Waals surface area (Å²) in [7, 11) is 0. The number of nitrogens with zero attached hydrogens (tertiary/aromatic N) is 1. The SMILES string of the molecule is CCCOC(=O)CC1C(=O)NCCN1C(=S)NC(=O)c1ccc(Br)cc1. The summed E-state index contributed by atoms with van der Waals surface area (Å²) >= 11 is 8.61. The number of rotatable bonds is 5. The number of benzene rings is 1. The molecule has 2 amide bonds. The minimum absolute atomic E-state index is 0.112. The van der Waals surface area contributed by atoms with Gasteiger partial charge in [0.15, 0.2) is 5.11 Å². The maximum Gasteiger partial charge on any atom is 0.308 e. The number of amides is 2. The Morgan fingerprint density at radius 2 is 2.08 bits per heavy atom. The summed E-state index contributed by atoms with van der Waals surface area (Å²) in [6.07, 6.45) is 0.577. The van der Waals surface area contributed by atoms with Crippen LogP contribution in [0, 0.1) is 0 Å². The summed E-state index contributed by atoms with van der Waals surface area (Å²) in [6, 6.07) is 6.01. The molecule has 1 unspecified atom stereocenters. The molecular weight excluding hydrogens is 422 g/mol. The van der Waals surface area contributed by atoms with Gasteiger partial charge in [-0.15, -0.1) is 0 Å². The van der Waals surface area contributed by atoms with Crippen LogP contribution in [0.2, 0.25) is 0 Å². The normalized spacial score (nSPS) is 16.6. The first-order chi connectivity index (χ1) is 12.4. The van der Waals surface area contributed by atoms with Gasteiger partial charge in [-0.25, -0.2) is 0 Å². The van der Waals surface area contributed by atoms with Crippen LogP contribution >= 0.6 is 28.1 Å². The second-order valence-electron chi connectivity index (χ2n) is 5.69. The Hall–Kier alpha value is -2.00. The van der Waals surface area contributed by atoms with Crippen LogP contribution in [0.1, 0.15) is 30.1 Å². The lowest BCUT2D eigenvalue weighted by molar-refractivity contribution is -0.147. The van der Waals surface area contributed by atoms with Gasteiger partial charge in [0.2, 0.25) is 5.91 Å². The topological polar surface area (TPSA) is 87.7 Å². The van der Waals surface area contributed by atoms with Gasteiger partial charge < -0.3 is 15.0 Å². The average Bonchev–Trinajstić information content (AvgIpc) is 2.62. The van der Waals surface area contributed by atoms with Gasteiger partial charge in [0.05, 0.1) is 13.0 Å². The van der Waals surface area contributed by atoms with Gasteiger partial charge in [-0.2, -0.15) is 0 Å². The molecule has 1 atom stereocenters. The minimum atomic E-state index is -0.800. The highest BCUT2D eigenvalue weighted by atomic mass is 79.9. The van der Waals surface area contributed by atoms with Gasteiger partial charge in [-0.1, -0.05) is 22.9 Å². The Balaban J connectivity index is 2.03. The molecule has 9 heteroatoms. The quantitative estimate of drug-likeness (QED) is 0.532. The molecule has 0 bridgehead atoms. The van der Waals surface area contributed by atoms with Crippen molar-refractivity contribution in [3.05, 3.63) is 34.3 Å². The number of hydrogen-bond donors (Lipinski definition) is 2. The Kier molecular flexibility index (Phi) is 7.52. The molecule has 0 radical (unpaired) electrons. The molecule has 140 valence electrons. The Morgan fingerprint density at radius 1 is 1.38 bits per heavy atom. The van der Waals surface area contributed by atoms with Crippen molar-refractivity contribution in [3.8, 4) is 0 Å². The molecule has 0 saturated carbocycles. The second-order valence-corrected chi connectivity index (χ2v) is 6.99. The number of nitrogens with one attached hydrogen (secondary N) is 2. The lowest BCUT2D eigenvalue weighted by Gasteiger charge is -2.36. The van der Waals surface area contributed by atoms with Crippen molar-refractivity contribution in [1.29, 1.82) is 0 Å². The monoisotopic (exact) mass is 441 g/mol. The molecule has 1 heterocycles. The summed E-state index contributed by atoms with van der Waals surface area (Å²) in [5.41, 5.74) is 0.441. The number of esters is 1. The van der Waals surface area contributed by atoms with Gasteiger partial charge >= 0.3 is 5.97 Å². The fraction of sp³-hybridized carbons (Fsp3) is 0.412. The van der Waals surface area contributed by atoms with E-state index < -0.39 is 12.0 Å². The molecule has 1 aliphatic rings. The zero-order chi connectivity index (χ0) is 19.1. The van der Waals surface area contributed by atoms with E-state index in [1.807, 2.05) is 6.92 Å². The Morgan fingerprint density at radius 3 is 2.73 bits per heavy atom. The van der Waals surface area contributed by atoms with E-state index in [9.17, 15) is 14.4 Å². The molecule has 1 aliphatic heterocycles. The van der Waals surface area contributed by atoms with Gasteiger partial charge in [0.1, 0.15) is 6.04 Å². The zero-order valence-corrected chi connectivity index (χ0v) is 16.7. The maximum atomic E-state index is 12.3. The summed E-state index contributed by atoms with van der Waals surface area (Å²) in [4.78, 5) is 38.0. The number of carbonyl (C=O) groups excluding carboxylic acids is 3. The van der Waals surface area contributed by atoms with E-state index in [-0.39, 0.29) is 23.3 Å².